The van der Waals surface area contributed by atoms with Crippen LogP contribution in [0, 0.1) is 26.6 Å². The van der Waals surface area contributed by atoms with E-state index >= 15 is 0 Å². The molecule has 0 heterocycles. The molecule has 0 saturated carbocycles. The lowest BCUT2D eigenvalue weighted by Crippen LogP contribution is -2.22. The molecule has 0 aromatic heterocycles. The highest BCUT2D eigenvalue weighted by atomic mass is 19.4. The molecule has 2 aromatic carbocycles. The summed E-state index contributed by atoms with van der Waals surface area (Å²) in [5, 5.41) is 0. The summed E-state index contributed by atoms with van der Waals surface area (Å²) in [6.45, 7) is 6.80. The molecule has 0 amide bonds. The first-order valence-electron chi connectivity index (χ1n) is 8.86. The summed E-state index contributed by atoms with van der Waals surface area (Å²) in [5.74, 6) is -2.14. The van der Waals surface area contributed by atoms with Crippen LogP contribution in [0.3, 0.4) is 0 Å². The van der Waals surface area contributed by atoms with Gasteiger partial charge in [-0.2, -0.15) is 13.2 Å². The number of aryl methyl sites for hydroxylation is 2. The van der Waals surface area contributed by atoms with Crippen molar-refractivity contribution in [3.05, 3.63) is 57.9 Å². The Morgan fingerprint density at radius 1 is 1.14 bits per heavy atom. The number of esters is 1. The fourth-order valence-corrected chi connectivity index (χ4v) is 3.23. The highest BCUT2D eigenvalue weighted by molar-refractivity contribution is 5.75. The number of ether oxygens (including phenoxy) is 1. The van der Waals surface area contributed by atoms with Crippen molar-refractivity contribution >= 4 is 5.97 Å². The molecule has 1 unspecified atom stereocenters. The first kappa shape index (κ1) is 21.9. The summed E-state index contributed by atoms with van der Waals surface area (Å²) in [6.07, 6.45) is -5.32. The van der Waals surface area contributed by atoms with E-state index in [-0.39, 0.29) is 23.3 Å². The average Bonchev–Trinajstić information content (AvgIpc) is 2.56. The number of carbonyl (C=O) groups is 1. The topological polar surface area (TPSA) is 52.3 Å². The fraction of sp³-hybridized carbons (Fsp3) is 0.381. The Kier molecular flexibility index (Phi) is 6.49. The molecule has 0 aliphatic rings. The maximum absolute atomic E-state index is 14.8. The van der Waals surface area contributed by atoms with Gasteiger partial charge in [0.25, 0.3) is 0 Å². The van der Waals surface area contributed by atoms with Crippen LogP contribution in [0.1, 0.15) is 47.2 Å². The van der Waals surface area contributed by atoms with Crippen molar-refractivity contribution in [3.63, 3.8) is 0 Å². The Morgan fingerprint density at radius 2 is 1.79 bits per heavy atom. The number of hydrogen-bond acceptors (Lipinski definition) is 3. The molecule has 0 aliphatic heterocycles. The number of rotatable bonds is 5. The van der Waals surface area contributed by atoms with Crippen LogP contribution in [0.15, 0.2) is 24.3 Å². The highest BCUT2D eigenvalue weighted by Crippen LogP contribution is 2.41. The predicted octanol–water partition coefficient (Wildman–Crippen LogP) is 5.39. The van der Waals surface area contributed by atoms with E-state index in [1.807, 2.05) is 13.0 Å². The molecule has 0 spiro atoms. The van der Waals surface area contributed by atoms with Crippen molar-refractivity contribution in [2.45, 2.75) is 46.3 Å². The van der Waals surface area contributed by atoms with E-state index in [1.54, 1.807) is 26.0 Å². The smallest absolute Gasteiger partial charge is 0.419 e. The van der Waals surface area contributed by atoms with Gasteiger partial charge in [-0.25, -0.2) is 4.39 Å². The monoisotopic (exact) mass is 397 g/mol. The lowest BCUT2D eigenvalue weighted by atomic mass is 9.87. The predicted molar refractivity (Wildman–Crippen MR) is 99.2 cm³/mol. The van der Waals surface area contributed by atoms with Crippen LogP contribution in [0.4, 0.5) is 17.6 Å². The second-order valence-electron chi connectivity index (χ2n) is 6.76. The van der Waals surface area contributed by atoms with Crippen molar-refractivity contribution in [2.75, 3.05) is 6.61 Å². The molecule has 2 rings (SSSR count). The van der Waals surface area contributed by atoms with E-state index in [2.05, 4.69) is 0 Å². The molecule has 1 atom stereocenters. The molecule has 7 heteroatoms. The van der Waals surface area contributed by atoms with Gasteiger partial charge >= 0.3 is 12.1 Å². The quantitative estimate of drug-likeness (QED) is 0.544. The van der Waals surface area contributed by atoms with Gasteiger partial charge in [0.05, 0.1) is 18.6 Å². The molecule has 28 heavy (non-hydrogen) atoms. The lowest BCUT2D eigenvalue weighted by molar-refractivity contribution is -0.143. The van der Waals surface area contributed by atoms with Gasteiger partial charge in [0, 0.05) is 11.6 Å². The third-order valence-corrected chi connectivity index (χ3v) is 4.62. The Morgan fingerprint density at radius 3 is 2.36 bits per heavy atom. The third-order valence-electron chi connectivity index (χ3n) is 4.62. The largest absolute Gasteiger partial charge is 0.466 e. The summed E-state index contributed by atoms with van der Waals surface area (Å²) in [6, 6.07) is 4.93. The number of carbonyl (C=O) groups excluding carboxylic acids is 1. The molecule has 2 aromatic rings. The molecule has 152 valence electrons. The first-order valence-corrected chi connectivity index (χ1v) is 8.86. The Balaban J connectivity index is 2.74. The summed E-state index contributed by atoms with van der Waals surface area (Å²) >= 11 is 0. The minimum atomic E-state index is -4.90. The van der Waals surface area contributed by atoms with Crippen LogP contribution in [0.2, 0.25) is 0 Å². The standard InChI is InChI=1S/C21H23F4NO2/c1-5-28-18(27)10-17(26)19-13(4)15(9-16(20(19)22)21(23,24)25)14-8-11(2)6-7-12(14)3/h6-9,17H,5,10,26H2,1-4H3. The van der Waals surface area contributed by atoms with E-state index in [1.165, 1.54) is 6.92 Å². The van der Waals surface area contributed by atoms with Crippen molar-refractivity contribution in [1.29, 1.82) is 0 Å². The van der Waals surface area contributed by atoms with Crippen LogP contribution in [-0.4, -0.2) is 12.6 Å². The molecular formula is C21H23F4NO2. The van der Waals surface area contributed by atoms with Crippen molar-refractivity contribution in [2.24, 2.45) is 5.73 Å². The molecule has 0 aliphatic carbocycles. The van der Waals surface area contributed by atoms with Gasteiger partial charge in [0.1, 0.15) is 5.82 Å². The SMILES string of the molecule is CCOC(=O)CC(N)c1c(C)c(-c2cc(C)ccc2C)cc(C(F)(F)F)c1F. The summed E-state index contributed by atoms with van der Waals surface area (Å²) < 4.78 is 60.2. The number of hydrogen-bond donors (Lipinski definition) is 1. The van der Waals surface area contributed by atoms with E-state index in [9.17, 15) is 22.4 Å². The van der Waals surface area contributed by atoms with Gasteiger partial charge in [-0.3, -0.25) is 4.79 Å². The number of nitrogens with two attached hydrogens (primary N) is 1. The fourth-order valence-electron chi connectivity index (χ4n) is 3.23. The average molecular weight is 397 g/mol. The third kappa shape index (κ3) is 4.52. The van der Waals surface area contributed by atoms with Gasteiger partial charge in [-0.05, 0) is 56.0 Å². The van der Waals surface area contributed by atoms with E-state index in [0.717, 1.165) is 17.2 Å². The van der Waals surface area contributed by atoms with E-state index < -0.39 is 36.0 Å². The number of benzene rings is 2. The van der Waals surface area contributed by atoms with Crippen molar-refractivity contribution in [1.82, 2.24) is 0 Å². The van der Waals surface area contributed by atoms with E-state index in [0.29, 0.717) is 5.56 Å². The Labute approximate surface area is 161 Å². The molecular weight excluding hydrogens is 374 g/mol. The van der Waals surface area contributed by atoms with Crippen molar-refractivity contribution in [3.8, 4) is 11.1 Å². The van der Waals surface area contributed by atoms with Crippen LogP contribution >= 0.6 is 0 Å². The molecule has 0 fully saturated rings. The van der Waals surface area contributed by atoms with Crippen LogP contribution in [0.25, 0.3) is 11.1 Å². The molecule has 0 bridgehead atoms. The Bertz CT molecular complexity index is 891. The molecule has 2 N–H and O–H groups in total. The van der Waals surface area contributed by atoms with Crippen LogP contribution in [0.5, 0.6) is 0 Å². The minimum Gasteiger partial charge on any atom is -0.466 e. The summed E-state index contributed by atoms with van der Waals surface area (Å²) in [5.41, 5.74) is 6.91. The van der Waals surface area contributed by atoms with Crippen molar-refractivity contribution < 1.29 is 27.1 Å². The summed E-state index contributed by atoms with van der Waals surface area (Å²) in [7, 11) is 0. The molecule has 3 nitrogen and oxygen atoms in total. The second-order valence-corrected chi connectivity index (χ2v) is 6.76. The normalized spacial score (nSPS) is 12.8. The lowest BCUT2D eigenvalue weighted by Gasteiger charge is -2.22. The van der Waals surface area contributed by atoms with Gasteiger partial charge in [0.2, 0.25) is 0 Å². The maximum Gasteiger partial charge on any atom is 0.419 e. The summed E-state index contributed by atoms with van der Waals surface area (Å²) in [4.78, 5) is 11.7. The highest BCUT2D eigenvalue weighted by Gasteiger charge is 2.38. The zero-order valence-electron chi connectivity index (χ0n) is 16.2. The first-order chi connectivity index (χ1) is 13.0. The van der Waals surface area contributed by atoms with Gasteiger partial charge in [0.15, 0.2) is 0 Å². The van der Waals surface area contributed by atoms with E-state index in [4.69, 9.17) is 10.5 Å². The van der Waals surface area contributed by atoms with Crippen LogP contribution < -0.4 is 5.73 Å². The number of halogens is 4. The molecule has 0 radical (unpaired) electrons. The number of alkyl halides is 3. The Hall–Kier alpha value is -2.41. The van der Waals surface area contributed by atoms with Gasteiger partial charge < -0.3 is 10.5 Å². The zero-order valence-corrected chi connectivity index (χ0v) is 16.2. The van der Waals surface area contributed by atoms with Crippen LogP contribution in [-0.2, 0) is 15.7 Å². The minimum absolute atomic E-state index is 0.101. The zero-order chi connectivity index (χ0) is 21.2. The van der Waals surface area contributed by atoms with Gasteiger partial charge in [-0.1, -0.05) is 23.8 Å². The maximum atomic E-state index is 14.8. The second kappa shape index (κ2) is 8.31. The van der Waals surface area contributed by atoms with Gasteiger partial charge in [-0.15, -0.1) is 0 Å². The molecule has 0 saturated heterocycles.